The Balaban J connectivity index is 0.000000343. The summed E-state index contributed by atoms with van der Waals surface area (Å²) in [7, 11) is 0. The lowest BCUT2D eigenvalue weighted by molar-refractivity contribution is 0.214. The van der Waals surface area contributed by atoms with Crippen LogP contribution in [0.25, 0.3) is 11.1 Å². The number of nitrogens with zero attached hydrogens (tertiary/aromatic N) is 3. The van der Waals surface area contributed by atoms with Gasteiger partial charge in [-0.15, -0.1) is 11.6 Å². The molecule has 3 rings (SSSR count). The fourth-order valence-corrected chi connectivity index (χ4v) is 5.46. The second-order valence-corrected chi connectivity index (χ2v) is 15.3. The van der Waals surface area contributed by atoms with Crippen LogP contribution in [0.2, 0.25) is 0 Å². The SMILES string of the molecule is CC(C)(C)c1ncc(-c2ccc(CNCCCN=C(N)N)cc2)c(=O)[nH]1.C[C@@H](CN)CN1C[C@H](NC(=O)NC(C)(C)C)C[C@H]1CNCCCl. The summed E-state index contributed by atoms with van der Waals surface area (Å²) < 4.78 is 0. The van der Waals surface area contributed by atoms with Crippen LogP contribution in [0, 0.1) is 5.92 Å². The van der Waals surface area contributed by atoms with E-state index in [-0.39, 0.29) is 34.5 Å². The van der Waals surface area contributed by atoms with Crippen molar-refractivity contribution in [2.24, 2.45) is 28.1 Å². The Kier molecular flexibility index (Phi) is 17.5. The number of nitrogens with two attached hydrogens (primary N) is 3. The van der Waals surface area contributed by atoms with Gasteiger partial charge in [0.05, 0.1) is 5.56 Å². The normalized spacial score (nSPS) is 17.2. The quantitative estimate of drug-likeness (QED) is 0.0593. The average molecular weight is 704 g/mol. The fraction of sp³-hybridized carbons (Fsp3) is 0.657. The first-order valence-electron chi connectivity index (χ1n) is 17.3. The van der Waals surface area contributed by atoms with E-state index < -0.39 is 0 Å². The molecule has 0 spiro atoms. The molecule has 0 bridgehead atoms. The van der Waals surface area contributed by atoms with Crippen LogP contribution in [0.4, 0.5) is 4.79 Å². The topological polar surface area (TPSA) is 205 Å². The molecule has 1 fully saturated rings. The minimum absolute atomic E-state index is 0.0938. The molecule has 1 aromatic carbocycles. The van der Waals surface area contributed by atoms with Crippen LogP contribution < -0.4 is 44.0 Å². The standard InChI is InChI=1S/C19H28N6O.C16H34ClN5O/c1-19(2,3)17-24-12-15(16(26)25-17)14-7-5-13(6-8-14)11-22-9-4-10-23-18(20)21;1-12(8-18)10-22-11-13(7-14(22)9-19-6-5-17)20-15(23)21-16(2,3)4/h5-8,12,22H,4,9-11H2,1-3H3,(H4,20,21,23)(H,24,25,26);12-14,19H,5-11,18H2,1-4H3,(H2,20,21,23)/t;12-,13+,14-/m.0/s1. The third kappa shape index (κ3) is 16.4. The number of guanidine groups is 1. The van der Waals surface area contributed by atoms with Crippen molar-refractivity contribution in [1.82, 2.24) is 36.1 Å². The number of urea groups is 1. The Morgan fingerprint density at radius 2 is 1.82 bits per heavy atom. The number of aromatic nitrogens is 2. The van der Waals surface area contributed by atoms with Gasteiger partial charge < -0.3 is 43.5 Å². The fourth-order valence-electron chi connectivity index (χ4n) is 5.33. The minimum atomic E-state index is -0.224. The summed E-state index contributed by atoms with van der Waals surface area (Å²) >= 11 is 5.73. The number of hydrogen-bond donors (Lipinski definition) is 8. The highest BCUT2D eigenvalue weighted by atomic mass is 35.5. The largest absolute Gasteiger partial charge is 0.370 e. The van der Waals surface area contributed by atoms with Crippen LogP contribution in [0.5, 0.6) is 0 Å². The molecule has 1 aliphatic rings. The van der Waals surface area contributed by atoms with Gasteiger partial charge in [0.25, 0.3) is 5.56 Å². The monoisotopic (exact) mass is 703 g/mol. The van der Waals surface area contributed by atoms with Gasteiger partial charge in [-0.3, -0.25) is 14.7 Å². The molecular formula is C35H62ClN11O2. The first-order valence-corrected chi connectivity index (χ1v) is 17.8. The first kappa shape index (κ1) is 41.9. The number of carbonyl (C=O) groups is 1. The molecular weight excluding hydrogens is 642 g/mol. The van der Waals surface area contributed by atoms with Crippen molar-refractivity contribution < 1.29 is 4.79 Å². The van der Waals surface area contributed by atoms with E-state index in [2.05, 4.69) is 48.1 Å². The number of amides is 2. The molecule has 14 heteroatoms. The molecule has 11 N–H and O–H groups in total. The maximum absolute atomic E-state index is 12.4. The Morgan fingerprint density at radius 1 is 1.12 bits per heavy atom. The van der Waals surface area contributed by atoms with Crippen molar-refractivity contribution in [3.8, 4) is 11.1 Å². The average Bonchev–Trinajstić information content (AvgIpc) is 3.38. The highest BCUT2D eigenvalue weighted by Gasteiger charge is 2.33. The van der Waals surface area contributed by atoms with Gasteiger partial charge >= 0.3 is 6.03 Å². The number of likely N-dealkylation sites (tertiary alicyclic amines) is 1. The van der Waals surface area contributed by atoms with Gasteiger partial charge in [-0.1, -0.05) is 52.0 Å². The summed E-state index contributed by atoms with van der Waals surface area (Å²) in [4.78, 5) is 38.1. The maximum Gasteiger partial charge on any atom is 0.315 e. The van der Waals surface area contributed by atoms with Crippen LogP contribution in [0.15, 0.2) is 40.2 Å². The number of aliphatic imine (C=N–C) groups is 1. The number of alkyl halides is 1. The summed E-state index contributed by atoms with van der Waals surface area (Å²) in [6.07, 6.45) is 3.47. The smallest absolute Gasteiger partial charge is 0.315 e. The Morgan fingerprint density at radius 3 is 2.39 bits per heavy atom. The zero-order valence-corrected chi connectivity index (χ0v) is 31.4. The van der Waals surface area contributed by atoms with E-state index in [1.807, 2.05) is 65.8 Å². The van der Waals surface area contributed by atoms with Crippen molar-refractivity contribution in [3.05, 3.63) is 52.2 Å². The van der Waals surface area contributed by atoms with Gasteiger partial charge in [0.15, 0.2) is 5.96 Å². The highest BCUT2D eigenvalue weighted by molar-refractivity contribution is 6.18. The number of nitrogens with one attached hydrogen (secondary N) is 5. The third-order valence-corrected chi connectivity index (χ3v) is 8.05. The van der Waals surface area contributed by atoms with Crippen LogP contribution in [0.3, 0.4) is 0 Å². The highest BCUT2D eigenvalue weighted by Crippen LogP contribution is 2.20. The maximum atomic E-state index is 12.4. The number of rotatable bonds is 15. The Bertz CT molecular complexity index is 1350. The number of hydrogen-bond acceptors (Lipinski definition) is 8. The number of carbonyl (C=O) groups excluding carboxylic acids is 1. The summed E-state index contributed by atoms with van der Waals surface area (Å²) in [6.45, 7) is 20.6. The molecule has 0 radical (unpaired) electrons. The lowest BCUT2D eigenvalue weighted by Crippen LogP contribution is -2.50. The van der Waals surface area contributed by atoms with Crippen LogP contribution in [-0.2, 0) is 12.0 Å². The van der Waals surface area contributed by atoms with Gasteiger partial charge in [0.1, 0.15) is 5.82 Å². The van der Waals surface area contributed by atoms with E-state index in [0.717, 1.165) is 63.2 Å². The molecule has 2 aromatic rings. The minimum Gasteiger partial charge on any atom is -0.370 e. The van der Waals surface area contributed by atoms with Crippen LogP contribution in [-0.4, -0.2) is 96.2 Å². The van der Waals surface area contributed by atoms with Crippen molar-refractivity contribution in [1.29, 1.82) is 0 Å². The second-order valence-electron chi connectivity index (χ2n) is 14.9. The van der Waals surface area contributed by atoms with Gasteiger partial charge in [0, 0.05) is 74.4 Å². The molecule has 13 nitrogen and oxygen atoms in total. The molecule has 0 aliphatic carbocycles. The first-order chi connectivity index (χ1) is 23.0. The van der Waals surface area contributed by atoms with Gasteiger partial charge in [-0.2, -0.15) is 0 Å². The molecule has 0 saturated carbocycles. The van der Waals surface area contributed by atoms with E-state index in [0.29, 0.717) is 42.3 Å². The summed E-state index contributed by atoms with van der Waals surface area (Å²) in [5.41, 5.74) is 18.4. The molecule has 0 unspecified atom stereocenters. The van der Waals surface area contributed by atoms with E-state index in [9.17, 15) is 9.59 Å². The van der Waals surface area contributed by atoms with Gasteiger partial charge in [-0.25, -0.2) is 9.78 Å². The zero-order chi connectivity index (χ0) is 36.6. The molecule has 1 aromatic heterocycles. The number of aromatic amines is 1. The number of halogens is 1. The van der Waals surface area contributed by atoms with Crippen molar-refractivity contribution in [2.75, 3.05) is 51.7 Å². The van der Waals surface area contributed by atoms with Gasteiger partial charge in [-0.05, 0) is 63.7 Å². The Labute approximate surface area is 298 Å². The zero-order valence-electron chi connectivity index (χ0n) is 30.7. The summed E-state index contributed by atoms with van der Waals surface area (Å²) in [5, 5.41) is 12.8. The Hall–Kier alpha value is -3.23. The lowest BCUT2D eigenvalue weighted by Gasteiger charge is -2.27. The van der Waals surface area contributed by atoms with Crippen molar-refractivity contribution >= 4 is 23.6 Å². The van der Waals surface area contributed by atoms with Gasteiger partial charge in [0.2, 0.25) is 0 Å². The van der Waals surface area contributed by atoms with E-state index in [4.69, 9.17) is 28.8 Å². The predicted molar refractivity (Wildman–Crippen MR) is 203 cm³/mol. The molecule has 49 heavy (non-hydrogen) atoms. The lowest BCUT2D eigenvalue weighted by atomic mass is 9.95. The summed E-state index contributed by atoms with van der Waals surface area (Å²) in [6, 6.07) is 8.39. The summed E-state index contributed by atoms with van der Waals surface area (Å²) in [5.74, 6) is 1.88. The van der Waals surface area contributed by atoms with Crippen LogP contribution >= 0.6 is 11.6 Å². The van der Waals surface area contributed by atoms with E-state index in [1.54, 1.807) is 6.20 Å². The van der Waals surface area contributed by atoms with Crippen LogP contribution in [0.1, 0.15) is 72.7 Å². The molecule has 3 atom stereocenters. The number of benzene rings is 1. The molecule has 1 aliphatic heterocycles. The third-order valence-electron chi connectivity index (χ3n) is 7.86. The van der Waals surface area contributed by atoms with Crippen molar-refractivity contribution in [3.63, 3.8) is 0 Å². The van der Waals surface area contributed by atoms with E-state index >= 15 is 0 Å². The number of H-pyrrole nitrogens is 1. The molecule has 2 heterocycles. The van der Waals surface area contributed by atoms with E-state index in [1.165, 1.54) is 0 Å². The molecule has 1 saturated heterocycles. The molecule has 276 valence electrons. The van der Waals surface area contributed by atoms with Crippen molar-refractivity contribution in [2.45, 2.75) is 90.9 Å². The predicted octanol–water partition coefficient (Wildman–Crippen LogP) is 2.44. The second kappa shape index (κ2) is 20.4. The molecule has 2 amide bonds.